The van der Waals surface area contributed by atoms with Crippen LogP contribution >= 0.6 is 143 Å². The Bertz CT molecular complexity index is 268. The number of hydrogen-bond donors (Lipinski definition) is 0. The van der Waals surface area contributed by atoms with Crippen LogP contribution in [0.1, 0.15) is 0 Å². The zero-order valence-electron chi connectivity index (χ0n) is 6.80. The lowest BCUT2D eigenvalue weighted by Gasteiger charge is -2.45. The Kier molecular flexibility index (Phi) is 8.29. The summed E-state index contributed by atoms with van der Waals surface area (Å²) in [7, 11) is 0. The molecule has 0 fully saturated rings. The molecule has 0 aliphatic rings. The molecule has 2 nitrogen and oxygen atoms in total. The molecule has 0 rings (SSSR count). The SMILES string of the molecule is O=COC(Br)(Br)C(Br)(Br)C(Br)(Br)C(Br)(Br)Br. The van der Waals surface area contributed by atoms with Gasteiger partial charge in [-0.15, -0.1) is 0 Å². The maximum Gasteiger partial charge on any atom is 0.295 e. The summed E-state index contributed by atoms with van der Waals surface area (Å²) in [4.78, 5) is 10.5. The molecule has 11 heteroatoms. The van der Waals surface area contributed by atoms with Gasteiger partial charge < -0.3 is 4.74 Å². The molecule has 0 aromatic carbocycles. The molecule has 0 amide bonds. The van der Waals surface area contributed by atoms with E-state index in [1.807, 2.05) is 0 Å². The highest BCUT2D eigenvalue weighted by molar-refractivity contribution is 9.42. The zero-order valence-corrected chi connectivity index (χ0v) is 21.1. The highest BCUT2D eigenvalue weighted by Crippen LogP contribution is 2.68. The van der Waals surface area contributed by atoms with Crippen LogP contribution in [-0.4, -0.2) is 18.5 Å². The maximum atomic E-state index is 10.5. The van der Waals surface area contributed by atoms with Gasteiger partial charge in [-0.3, -0.25) is 4.79 Å². The maximum absolute atomic E-state index is 10.5. The van der Waals surface area contributed by atoms with Gasteiger partial charge in [0, 0.05) is 0 Å². The smallest absolute Gasteiger partial charge is 0.295 e. The van der Waals surface area contributed by atoms with E-state index < -0.39 is 12.0 Å². The Hall–Kier alpha value is 3.79. The molecule has 0 aromatic rings. The van der Waals surface area contributed by atoms with Crippen molar-refractivity contribution in [3.8, 4) is 0 Å². The third kappa shape index (κ3) is 4.14. The summed E-state index contributed by atoms with van der Waals surface area (Å²) < 4.78 is 1.14. The first kappa shape index (κ1) is 19.8. The summed E-state index contributed by atoms with van der Waals surface area (Å²) in [5.74, 6) is 0. The van der Waals surface area contributed by atoms with Crippen LogP contribution in [0.3, 0.4) is 0 Å². The number of alkyl halides is 9. The van der Waals surface area contributed by atoms with Crippen LogP contribution in [0.15, 0.2) is 0 Å². The standard InChI is InChI=1S/C5HBr9O2/c6-2(7,4(10,11)12)3(8,9)5(13,14)16-1-15/h1H. The van der Waals surface area contributed by atoms with Crippen LogP contribution in [0.2, 0.25) is 0 Å². The first-order chi connectivity index (χ1) is 6.81. The molecule has 0 aliphatic heterocycles. The van der Waals surface area contributed by atoms with Crippen molar-refractivity contribution in [2.45, 2.75) is 12.0 Å². The minimum absolute atomic E-state index is 0.315. The number of rotatable bonds is 4. The second-order valence-corrected chi connectivity index (χ2v) is 19.3. The average molecular weight is 812 g/mol. The first-order valence-corrected chi connectivity index (χ1v) is 10.3. The second-order valence-electron chi connectivity index (χ2n) is 2.38. The monoisotopic (exact) mass is 803 g/mol. The van der Waals surface area contributed by atoms with E-state index in [0.717, 1.165) is 0 Å². The fourth-order valence-electron chi connectivity index (χ4n) is 0.495. The normalized spacial score (nSPS) is 14.8. The van der Waals surface area contributed by atoms with Gasteiger partial charge >= 0.3 is 0 Å². The van der Waals surface area contributed by atoms with Gasteiger partial charge in [0.2, 0.25) is 3.42 Å². The van der Waals surface area contributed by atoms with Crippen molar-refractivity contribution < 1.29 is 9.53 Å². The highest BCUT2D eigenvalue weighted by Gasteiger charge is 2.66. The van der Waals surface area contributed by atoms with E-state index in [9.17, 15) is 4.79 Å². The van der Waals surface area contributed by atoms with Crippen LogP contribution in [0, 0.1) is 0 Å². The van der Waals surface area contributed by atoms with Crippen LogP contribution in [0.4, 0.5) is 0 Å². The minimum atomic E-state index is -1.21. The fourth-order valence-corrected chi connectivity index (χ4v) is 6.14. The first-order valence-electron chi connectivity index (χ1n) is 3.13. The van der Waals surface area contributed by atoms with Crippen LogP contribution in [0.25, 0.3) is 0 Å². The largest absolute Gasteiger partial charge is 0.437 e. The van der Waals surface area contributed by atoms with Crippen molar-refractivity contribution in [1.29, 1.82) is 0 Å². The molecule has 0 aromatic heterocycles. The van der Waals surface area contributed by atoms with Crippen molar-refractivity contribution in [2.75, 3.05) is 0 Å². The predicted molar refractivity (Wildman–Crippen MR) is 98.4 cm³/mol. The average Bonchev–Trinajstić information content (AvgIpc) is 2.01. The molecule has 16 heavy (non-hydrogen) atoms. The Morgan fingerprint density at radius 3 is 1.38 bits per heavy atom. The van der Waals surface area contributed by atoms with Crippen molar-refractivity contribution in [1.82, 2.24) is 0 Å². The van der Waals surface area contributed by atoms with Gasteiger partial charge in [0.25, 0.3) is 6.47 Å². The Balaban J connectivity index is 5.42. The van der Waals surface area contributed by atoms with Crippen LogP contribution < -0.4 is 0 Å². The quantitative estimate of drug-likeness (QED) is 0.243. The number of ether oxygens (including phenoxy) is 1. The summed E-state index contributed by atoms with van der Waals surface area (Å²) in [6.45, 7) is 0.315. The molecular weight excluding hydrogens is 811 g/mol. The van der Waals surface area contributed by atoms with Gasteiger partial charge in [-0.25, -0.2) is 0 Å². The molecular formula is C5HBr9O2. The molecule has 0 bridgehead atoms. The van der Waals surface area contributed by atoms with Crippen molar-refractivity contribution >= 4 is 150 Å². The van der Waals surface area contributed by atoms with Crippen molar-refractivity contribution in [3.05, 3.63) is 0 Å². The van der Waals surface area contributed by atoms with Gasteiger partial charge in [-0.2, -0.15) is 0 Å². The molecule has 0 saturated heterocycles. The zero-order chi connectivity index (χ0) is 13.4. The number of hydrogen-bond acceptors (Lipinski definition) is 2. The molecule has 0 N–H and O–H groups in total. The van der Waals surface area contributed by atoms with E-state index >= 15 is 0 Å². The molecule has 96 valence electrons. The van der Waals surface area contributed by atoms with Crippen molar-refractivity contribution in [3.63, 3.8) is 0 Å². The molecule has 0 unspecified atom stereocenters. The van der Waals surface area contributed by atoms with Gasteiger partial charge in [0.05, 0.1) is 0 Å². The summed E-state index contributed by atoms with van der Waals surface area (Å²) >= 11 is 30.3. The molecule has 0 atom stereocenters. The van der Waals surface area contributed by atoms with E-state index in [0.29, 0.717) is 6.47 Å². The van der Waals surface area contributed by atoms with Crippen LogP contribution in [-0.2, 0) is 9.53 Å². The van der Waals surface area contributed by atoms with E-state index in [1.54, 1.807) is 0 Å². The summed E-state index contributed by atoms with van der Waals surface area (Å²) in [6.07, 6.45) is 0. The van der Waals surface area contributed by atoms with Gasteiger partial charge in [-0.1, -0.05) is 112 Å². The second kappa shape index (κ2) is 6.70. The third-order valence-corrected chi connectivity index (χ3v) is 16.8. The lowest BCUT2D eigenvalue weighted by molar-refractivity contribution is -0.131. The lowest BCUT2D eigenvalue weighted by atomic mass is 10.3. The summed E-state index contributed by atoms with van der Waals surface area (Å²) in [6, 6.07) is 0. The summed E-state index contributed by atoms with van der Waals surface area (Å²) in [5, 5.41) is 0. The molecule has 0 spiro atoms. The van der Waals surface area contributed by atoms with E-state index in [-0.39, 0.29) is 0 Å². The Morgan fingerprint density at radius 2 is 1.12 bits per heavy atom. The van der Waals surface area contributed by atoms with E-state index in [2.05, 4.69) is 143 Å². The number of carbonyl (C=O) groups is 1. The van der Waals surface area contributed by atoms with E-state index in [1.165, 1.54) is 0 Å². The van der Waals surface area contributed by atoms with Crippen LogP contribution in [0.5, 0.6) is 0 Å². The Labute approximate surface area is 168 Å². The van der Waals surface area contributed by atoms with Crippen molar-refractivity contribution in [2.24, 2.45) is 0 Å². The number of halogens is 9. The summed E-state index contributed by atoms with van der Waals surface area (Å²) in [5.41, 5.74) is 0. The molecule has 0 saturated carbocycles. The fraction of sp³-hybridized carbons (Fsp3) is 0.800. The third-order valence-electron chi connectivity index (χ3n) is 1.31. The lowest BCUT2D eigenvalue weighted by Crippen LogP contribution is -2.54. The number of carbonyl (C=O) groups excluding carboxylic acids is 1. The highest BCUT2D eigenvalue weighted by atomic mass is 80.0. The van der Waals surface area contributed by atoms with Gasteiger partial charge in [0.1, 0.15) is 3.23 Å². The van der Waals surface area contributed by atoms with Gasteiger partial charge in [-0.05, 0) is 31.9 Å². The predicted octanol–water partition coefficient (Wildman–Crippen LogP) is 6.41. The topological polar surface area (TPSA) is 26.3 Å². The van der Waals surface area contributed by atoms with E-state index in [4.69, 9.17) is 4.74 Å². The molecule has 0 aliphatic carbocycles. The Morgan fingerprint density at radius 1 is 0.750 bits per heavy atom. The molecule has 0 heterocycles. The van der Waals surface area contributed by atoms with Gasteiger partial charge in [0.15, 0.2) is 5.38 Å². The minimum Gasteiger partial charge on any atom is -0.437 e. The molecule has 0 radical (unpaired) electrons.